The van der Waals surface area contributed by atoms with Gasteiger partial charge in [0.2, 0.25) is 0 Å². The normalized spacial score (nSPS) is 14.3. The van der Waals surface area contributed by atoms with Crippen molar-refractivity contribution >= 4 is 0 Å². The van der Waals surface area contributed by atoms with Gasteiger partial charge in [0.05, 0.1) is 0 Å². The van der Waals surface area contributed by atoms with Gasteiger partial charge in [-0.05, 0) is 25.9 Å². The maximum atomic E-state index is 3.52. The molecule has 0 spiro atoms. The van der Waals surface area contributed by atoms with Crippen LogP contribution in [-0.2, 0) is 32.7 Å². The van der Waals surface area contributed by atoms with Crippen LogP contribution in [0.1, 0.15) is 26.7 Å². The Morgan fingerprint density at radius 1 is 1.00 bits per heavy atom. The zero-order valence-corrected chi connectivity index (χ0v) is 10.8. The van der Waals surface area contributed by atoms with Gasteiger partial charge in [0.25, 0.3) is 0 Å². The molecule has 1 heterocycles. The van der Waals surface area contributed by atoms with Gasteiger partial charge in [0.1, 0.15) is 0 Å². The van der Waals surface area contributed by atoms with Gasteiger partial charge < -0.3 is 24.5 Å². The van der Waals surface area contributed by atoms with Gasteiger partial charge in [-0.3, -0.25) is 0 Å². The van der Waals surface area contributed by atoms with Gasteiger partial charge in [0.15, 0.2) is 0 Å². The van der Waals surface area contributed by atoms with E-state index in [-0.39, 0.29) is 40.1 Å². The second-order valence-electron chi connectivity index (χ2n) is 2.56. The fourth-order valence-electron chi connectivity index (χ4n) is 0.927. The third kappa shape index (κ3) is 19.4. The van der Waals surface area contributed by atoms with Crippen molar-refractivity contribution in [2.45, 2.75) is 26.7 Å². The van der Waals surface area contributed by atoms with Crippen LogP contribution in [0, 0.1) is 13.8 Å². The Labute approximate surface area is 110 Å². The number of rotatable bonds is 2. The molecule has 2 N–H and O–H groups in total. The van der Waals surface area contributed by atoms with Crippen molar-refractivity contribution in [2.24, 2.45) is 0 Å². The molecule has 0 amide bonds. The van der Waals surface area contributed by atoms with Crippen LogP contribution in [0.25, 0.3) is 0 Å². The van der Waals surface area contributed by atoms with Crippen LogP contribution in [0.2, 0.25) is 0 Å². The molecule has 1 fully saturated rings. The van der Waals surface area contributed by atoms with Crippen molar-refractivity contribution in [3.05, 3.63) is 13.8 Å². The van der Waals surface area contributed by atoms with Crippen molar-refractivity contribution in [3.63, 3.8) is 0 Å². The maximum absolute atomic E-state index is 3.52. The number of nitrogens with one attached hydrogen (secondary N) is 2. The van der Waals surface area contributed by atoms with Crippen LogP contribution in [0.5, 0.6) is 0 Å². The first kappa shape index (κ1) is 19.6. The summed E-state index contributed by atoms with van der Waals surface area (Å²) in [4.78, 5) is 0. The molecular formula is C10H24N2Y-2. The zero-order valence-electron chi connectivity index (χ0n) is 7.94. The average Bonchev–Trinajstić information content (AvgIpc) is 2.10. The topological polar surface area (TPSA) is 24.1 Å². The van der Waals surface area contributed by atoms with E-state index in [1.807, 2.05) is 0 Å². The smallest absolute Gasteiger partial charge is 0 e. The fraction of sp³-hybridized carbons (Fsp3) is 0.800. The van der Waals surface area contributed by atoms with Crippen molar-refractivity contribution in [3.8, 4) is 0 Å². The molecule has 0 saturated carbocycles. The summed E-state index contributed by atoms with van der Waals surface area (Å²) in [6.45, 7) is 11.1. The predicted octanol–water partition coefficient (Wildman–Crippen LogP) is 1.64. The Morgan fingerprint density at radius 2 is 1.46 bits per heavy atom. The number of hydrogen-bond acceptors (Lipinski definition) is 2. The third-order valence-electron chi connectivity index (χ3n) is 1.56. The van der Waals surface area contributed by atoms with Gasteiger partial charge in [-0.25, -0.2) is 0 Å². The van der Waals surface area contributed by atoms with Crippen LogP contribution < -0.4 is 10.6 Å². The van der Waals surface area contributed by atoms with Gasteiger partial charge >= 0.3 is 0 Å². The van der Waals surface area contributed by atoms with E-state index in [0.29, 0.717) is 0 Å². The molecule has 1 radical (unpaired) electrons. The van der Waals surface area contributed by atoms with Crippen LogP contribution in [0.4, 0.5) is 0 Å². The third-order valence-corrected chi connectivity index (χ3v) is 1.56. The van der Waals surface area contributed by atoms with Gasteiger partial charge in [-0.1, -0.05) is 13.8 Å². The van der Waals surface area contributed by atoms with E-state index >= 15 is 0 Å². The van der Waals surface area contributed by atoms with Crippen molar-refractivity contribution in [2.75, 3.05) is 26.2 Å². The Kier molecular flexibility index (Phi) is 28.2. The van der Waals surface area contributed by atoms with E-state index in [0.717, 1.165) is 13.1 Å². The second kappa shape index (κ2) is 18.7. The van der Waals surface area contributed by atoms with Crippen LogP contribution >= 0.6 is 0 Å². The minimum atomic E-state index is 0. The molecule has 0 aromatic carbocycles. The summed E-state index contributed by atoms with van der Waals surface area (Å²) < 4.78 is 0. The largest absolute Gasteiger partial charge is 0.376 e. The number of hydrogen-bond donors (Lipinski definition) is 2. The standard InChI is InChI=1S/C5H11N.C4H9N.CH4.Y/c1-2-4-6-5-3-1;1-3-5-4-2;;/h6H,1-5H2;5H,1-4H2;1H4;/q;-2;;. The van der Waals surface area contributed by atoms with E-state index in [4.69, 9.17) is 0 Å². The SMILES string of the molecule is C.C1CCNCC1.[CH2-]CNC[CH2-].[Y]. The summed E-state index contributed by atoms with van der Waals surface area (Å²) in [6.07, 6.45) is 4.22. The molecule has 2 nitrogen and oxygen atoms in total. The molecule has 0 aliphatic carbocycles. The predicted molar refractivity (Wildman–Crippen MR) is 57.0 cm³/mol. The molecule has 13 heavy (non-hydrogen) atoms. The van der Waals surface area contributed by atoms with E-state index in [2.05, 4.69) is 24.5 Å². The molecule has 0 bridgehead atoms. The molecule has 1 saturated heterocycles. The van der Waals surface area contributed by atoms with E-state index < -0.39 is 0 Å². The Bertz CT molecular complexity index is 52.4. The van der Waals surface area contributed by atoms with Crippen LogP contribution in [0.3, 0.4) is 0 Å². The molecule has 0 atom stereocenters. The minimum Gasteiger partial charge on any atom is -0.376 e. The molecule has 1 aliphatic rings. The van der Waals surface area contributed by atoms with Crippen molar-refractivity contribution in [1.29, 1.82) is 0 Å². The summed E-state index contributed by atoms with van der Waals surface area (Å²) in [5, 5.41) is 6.17. The van der Waals surface area contributed by atoms with Gasteiger partial charge in [-0.2, -0.15) is 0 Å². The molecule has 0 aromatic heterocycles. The quantitative estimate of drug-likeness (QED) is 0.738. The van der Waals surface area contributed by atoms with Crippen LogP contribution in [0.15, 0.2) is 0 Å². The molecule has 1 aliphatic heterocycles. The Balaban J connectivity index is -0.000000136. The first-order valence-electron chi connectivity index (χ1n) is 4.41. The Morgan fingerprint density at radius 3 is 1.54 bits per heavy atom. The zero-order chi connectivity index (χ0) is 8.36. The maximum Gasteiger partial charge on any atom is 0 e. The summed E-state index contributed by atoms with van der Waals surface area (Å²) >= 11 is 0. The molecule has 0 aromatic rings. The molecule has 1 rings (SSSR count). The first-order chi connectivity index (χ1) is 5.41. The molecule has 79 valence electrons. The fourth-order valence-corrected chi connectivity index (χ4v) is 0.927. The summed E-state index contributed by atoms with van der Waals surface area (Å²) in [5.74, 6) is 0. The van der Waals surface area contributed by atoms with Crippen molar-refractivity contribution < 1.29 is 32.7 Å². The molecule has 0 unspecified atom stereocenters. The minimum absolute atomic E-state index is 0. The molecular weight excluding hydrogens is 237 g/mol. The van der Waals surface area contributed by atoms with Gasteiger partial charge in [0, 0.05) is 32.7 Å². The average molecular weight is 261 g/mol. The van der Waals surface area contributed by atoms with Crippen LogP contribution in [-0.4, -0.2) is 26.2 Å². The van der Waals surface area contributed by atoms with Gasteiger partial charge in [-0.15, -0.1) is 13.1 Å². The summed E-state index contributed by atoms with van der Waals surface area (Å²) in [7, 11) is 0. The molecule has 3 heteroatoms. The number of piperidine rings is 1. The first-order valence-corrected chi connectivity index (χ1v) is 4.41. The Hall–Kier alpha value is 1.02. The summed E-state index contributed by atoms with van der Waals surface area (Å²) in [6, 6.07) is 0. The second-order valence-corrected chi connectivity index (χ2v) is 2.56. The van der Waals surface area contributed by atoms with Crippen molar-refractivity contribution in [1.82, 2.24) is 10.6 Å². The van der Waals surface area contributed by atoms with E-state index in [9.17, 15) is 0 Å². The monoisotopic (exact) mass is 261 g/mol. The van der Waals surface area contributed by atoms with E-state index in [1.165, 1.54) is 32.4 Å². The summed E-state index contributed by atoms with van der Waals surface area (Å²) in [5.41, 5.74) is 0. The van der Waals surface area contributed by atoms with E-state index in [1.54, 1.807) is 0 Å².